The summed E-state index contributed by atoms with van der Waals surface area (Å²) in [6, 6.07) is 6.24. The molecule has 0 saturated carbocycles. The summed E-state index contributed by atoms with van der Waals surface area (Å²) in [6.45, 7) is 4.54. The molecule has 0 bridgehead atoms. The van der Waals surface area contributed by atoms with Gasteiger partial charge in [-0.25, -0.2) is 0 Å². The Bertz CT molecular complexity index is 534. The largest absolute Gasteiger partial charge is 0.416 e. The van der Waals surface area contributed by atoms with Crippen LogP contribution in [0.5, 0.6) is 0 Å². The molecule has 122 valence electrons. The number of hydrogen-bond acceptors (Lipinski definition) is 3. The van der Waals surface area contributed by atoms with Crippen LogP contribution in [0.1, 0.15) is 24.5 Å². The Morgan fingerprint density at radius 1 is 1.18 bits per heavy atom. The molecule has 2 heterocycles. The van der Waals surface area contributed by atoms with Crippen molar-refractivity contribution in [1.82, 2.24) is 9.80 Å². The molecule has 2 aliphatic heterocycles. The van der Waals surface area contributed by atoms with Gasteiger partial charge < -0.3 is 5.11 Å². The molecule has 0 aliphatic carbocycles. The van der Waals surface area contributed by atoms with E-state index >= 15 is 0 Å². The monoisotopic (exact) mass is 314 g/mol. The number of rotatable bonds is 2. The van der Waals surface area contributed by atoms with Gasteiger partial charge in [0.25, 0.3) is 0 Å². The Morgan fingerprint density at radius 3 is 2.64 bits per heavy atom. The second-order valence-electron chi connectivity index (χ2n) is 6.43. The summed E-state index contributed by atoms with van der Waals surface area (Å²) in [4.78, 5) is 4.35. The minimum atomic E-state index is -4.31. The van der Waals surface area contributed by atoms with Crippen LogP contribution in [-0.4, -0.2) is 52.7 Å². The normalized spacial score (nSPS) is 30.5. The van der Waals surface area contributed by atoms with Crippen LogP contribution < -0.4 is 0 Å². The first-order valence-electron chi connectivity index (χ1n) is 7.66. The minimum Gasteiger partial charge on any atom is -0.392 e. The van der Waals surface area contributed by atoms with E-state index < -0.39 is 11.7 Å². The van der Waals surface area contributed by atoms with E-state index in [-0.39, 0.29) is 18.2 Å². The Balaban J connectivity index is 1.76. The summed E-state index contributed by atoms with van der Waals surface area (Å²) < 4.78 is 39.3. The molecular weight excluding hydrogens is 293 g/mol. The molecule has 2 aliphatic rings. The van der Waals surface area contributed by atoms with E-state index in [4.69, 9.17) is 0 Å². The van der Waals surface area contributed by atoms with E-state index in [1.54, 1.807) is 12.1 Å². The van der Waals surface area contributed by atoms with Gasteiger partial charge in [-0.05, 0) is 25.0 Å². The summed E-state index contributed by atoms with van der Waals surface area (Å²) in [6.07, 6.45) is -3.91. The Hall–Kier alpha value is -1.11. The van der Waals surface area contributed by atoms with Crippen LogP contribution in [0, 0.1) is 0 Å². The van der Waals surface area contributed by atoms with Crippen molar-refractivity contribution in [2.45, 2.75) is 44.3 Å². The minimum absolute atomic E-state index is 0.183. The fourth-order valence-electron chi connectivity index (χ4n) is 3.65. The second-order valence-corrected chi connectivity index (χ2v) is 6.43. The van der Waals surface area contributed by atoms with Crippen molar-refractivity contribution in [3.63, 3.8) is 0 Å². The van der Waals surface area contributed by atoms with Crippen LogP contribution in [-0.2, 0) is 12.7 Å². The molecule has 1 aromatic rings. The van der Waals surface area contributed by atoms with Crippen molar-refractivity contribution < 1.29 is 18.3 Å². The highest BCUT2D eigenvalue weighted by atomic mass is 19.4. The SMILES string of the molecule is C[C@@H]1CN2C[C@H](O)C[C@H]2CN1Cc1ccccc1C(F)(F)F. The molecule has 0 amide bonds. The number of hydrogen-bond donors (Lipinski definition) is 1. The lowest BCUT2D eigenvalue weighted by atomic mass is 10.0. The molecule has 1 N–H and O–H groups in total. The van der Waals surface area contributed by atoms with Crippen molar-refractivity contribution >= 4 is 0 Å². The predicted octanol–water partition coefficient (Wildman–Crippen LogP) is 2.34. The van der Waals surface area contributed by atoms with Crippen molar-refractivity contribution in [2.24, 2.45) is 0 Å². The topological polar surface area (TPSA) is 26.7 Å². The number of halogens is 3. The molecule has 3 nitrogen and oxygen atoms in total. The first-order chi connectivity index (χ1) is 10.3. The van der Waals surface area contributed by atoms with Crippen molar-refractivity contribution in [1.29, 1.82) is 0 Å². The summed E-state index contributed by atoms with van der Waals surface area (Å²) in [7, 11) is 0. The fraction of sp³-hybridized carbons (Fsp3) is 0.625. The van der Waals surface area contributed by atoms with Crippen LogP contribution in [0.4, 0.5) is 13.2 Å². The van der Waals surface area contributed by atoms with Gasteiger partial charge in [0.05, 0.1) is 11.7 Å². The summed E-state index contributed by atoms with van der Waals surface area (Å²) in [5.41, 5.74) is -0.218. The zero-order valence-corrected chi connectivity index (χ0v) is 12.6. The molecule has 2 saturated heterocycles. The summed E-state index contributed by atoms with van der Waals surface area (Å²) in [5.74, 6) is 0. The Morgan fingerprint density at radius 2 is 1.91 bits per heavy atom. The van der Waals surface area contributed by atoms with E-state index in [1.165, 1.54) is 6.07 Å². The van der Waals surface area contributed by atoms with Gasteiger partial charge in [-0.2, -0.15) is 13.2 Å². The zero-order chi connectivity index (χ0) is 15.9. The van der Waals surface area contributed by atoms with Gasteiger partial charge in [-0.15, -0.1) is 0 Å². The number of benzene rings is 1. The highest BCUT2D eigenvalue weighted by molar-refractivity contribution is 5.29. The Kier molecular flexibility index (Phi) is 4.18. The van der Waals surface area contributed by atoms with E-state index in [9.17, 15) is 18.3 Å². The third-order valence-electron chi connectivity index (χ3n) is 4.77. The molecule has 1 aromatic carbocycles. The lowest BCUT2D eigenvalue weighted by Gasteiger charge is -2.42. The number of piperazine rings is 1. The van der Waals surface area contributed by atoms with E-state index in [1.807, 2.05) is 6.92 Å². The van der Waals surface area contributed by atoms with Crippen LogP contribution in [0.25, 0.3) is 0 Å². The van der Waals surface area contributed by atoms with Crippen LogP contribution in [0.3, 0.4) is 0 Å². The fourth-order valence-corrected chi connectivity index (χ4v) is 3.65. The lowest BCUT2D eigenvalue weighted by Crippen LogP contribution is -2.54. The molecule has 2 fully saturated rings. The number of fused-ring (bicyclic) bond motifs is 1. The summed E-state index contributed by atoms with van der Waals surface area (Å²) in [5, 5.41) is 9.76. The maximum absolute atomic E-state index is 13.1. The third-order valence-corrected chi connectivity index (χ3v) is 4.77. The van der Waals surface area contributed by atoms with Gasteiger partial charge in [0.15, 0.2) is 0 Å². The maximum atomic E-state index is 13.1. The Labute approximate surface area is 128 Å². The average Bonchev–Trinajstić information content (AvgIpc) is 2.78. The standard InChI is InChI=1S/C16H21F3N2O/c1-11-7-21-10-14(22)6-13(21)9-20(11)8-12-4-2-3-5-15(12)16(17,18)19/h2-5,11,13-14,22H,6-10H2,1H3/t11-,13+,14-/m1/s1. The third kappa shape index (κ3) is 3.14. The van der Waals surface area contributed by atoms with Gasteiger partial charge in [0.2, 0.25) is 0 Å². The van der Waals surface area contributed by atoms with Crippen LogP contribution >= 0.6 is 0 Å². The number of aliphatic hydroxyl groups excluding tert-OH is 1. The number of alkyl halides is 3. The van der Waals surface area contributed by atoms with Gasteiger partial charge in [-0.3, -0.25) is 9.80 Å². The van der Waals surface area contributed by atoms with Gasteiger partial charge >= 0.3 is 6.18 Å². The molecule has 6 heteroatoms. The van der Waals surface area contributed by atoms with Gasteiger partial charge in [0, 0.05) is 38.3 Å². The van der Waals surface area contributed by atoms with E-state index in [0.29, 0.717) is 31.6 Å². The molecular formula is C16H21F3N2O. The summed E-state index contributed by atoms with van der Waals surface area (Å²) >= 11 is 0. The molecule has 3 atom stereocenters. The van der Waals surface area contributed by atoms with E-state index in [0.717, 1.165) is 12.6 Å². The van der Waals surface area contributed by atoms with Crippen molar-refractivity contribution in [3.8, 4) is 0 Å². The van der Waals surface area contributed by atoms with Gasteiger partial charge in [0.1, 0.15) is 0 Å². The average molecular weight is 314 g/mol. The smallest absolute Gasteiger partial charge is 0.392 e. The number of aliphatic hydroxyl groups is 1. The molecule has 0 radical (unpaired) electrons. The first-order valence-corrected chi connectivity index (χ1v) is 7.66. The molecule has 0 unspecified atom stereocenters. The van der Waals surface area contributed by atoms with Gasteiger partial charge in [-0.1, -0.05) is 18.2 Å². The highest BCUT2D eigenvalue weighted by Gasteiger charge is 2.39. The molecule has 0 spiro atoms. The predicted molar refractivity (Wildman–Crippen MR) is 77.3 cm³/mol. The van der Waals surface area contributed by atoms with Crippen LogP contribution in [0.2, 0.25) is 0 Å². The molecule has 3 rings (SSSR count). The van der Waals surface area contributed by atoms with E-state index in [2.05, 4.69) is 9.80 Å². The van der Waals surface area contributed by atoms with Crippen molar-refractivity contribution in [2.75, 3.05) is 19.6 Å². The maximum Gasteiger partial charge on any atom is 0.416 e. The first kappa shape index (κ1) is 15.8. The second kappa shape index (κ2) is 5.83. The van der Waals surface area contributed by atoms with Crippen molar-refractivity contribution in [3.05, 3.63) is 35.4 Å². The molecule has 22 heavy (non-hydrogen) atoms. The molecule has 0 aromatic heterocycles. The number of nitrogens with zero attached hydrogens (tertiary/aromatic N) is 2. The quantitative estimate of drug-likeness (QED) is 0.908. The highest BCUT2D eigenvalue weighted by Crippen LogP contribution is 2.33. The lowest BCUT2D eigenvalue weighted by molar-refractivity contribution is -0.138. The zero-order valence-electron chi connectivity index (χ0n) is 12.6. The van der Waals surface area contributed by atoms with Crippen LogP contribution in [0.15, 0.2) is 24.3 Å².